The number of benzene rings is 2. The number of rotatable bonds is 6. The fourth-order valence-electron chi connectivity index (χ4n) is 5.86. The van der Waals surface area contributed by atoms with Crippen LogP contribution in [0, 0.1) is 6.07 Å². The van der Waals surface area contributed by atoms with Crippen LogP contribution in [0.1, 0.15) is 47.6 Å². The first-order valence-corrected chi connectivity index (χ1v) is 14.4. The SMILES string of the molecule is C=CC(=O)N1CCC(c2onc(-c3[c-]cc(Cl)cc3Cl)c2[C](=[Co])n2cc3c4c(cccc42)/C(=C/C(=O)O)CC3)CC1. The van der Waals surface area contributed by atoms with Gasteiger partial charge in [-0.15, -0.1) is 0 Å². The Bertz CT molecular complexity index is 1780. The monoisotopic (exact) mass is 631 g/mol. The number of aromatic nitrogens is 2. The minimum absolute atomic E-state index is 0.00946. The molecule has 1 amide bonds. The summed E-state index contributed by atoms with van der Waals surface area (Å²) >= 11 is 17.9. The van der Waals surface area contributed by atoms with E-state index in [9.17, 15) is 14.7 Å². The van der Waals surface area contributed by atoms with E-state index in [2.05, 4.69) is 17.8 Å². The van der Waals surface area contributed by atoms with Crippen molar-refractivity contribution < 1.29 is 34.5 Å². The van der Waals surface area contributed by atoms with Crippen LogP contribution in [0.4, 0.5) is 0 Å². The number of piperidine rings is 1. The molecule has 1 N–H and O–H groups in total. The van der Waals surface area contributed by atoms with Gasteiger partial charge in [0.05, 0.1) is 0 Å². The van der Waals surface area contributed by atoms with Crippen molar-refractivity contribution in [1.29, 1.82) is 0 Å². The van der Waals surface area contributed by atoms with Crippen molar-refractivity contribution in [3.8, 4) is 11.3 Å². The predicted octanol–water partition coefficient (Wildman–Crippen LogP) is 6.28. The molecule has 1 saturated heterocycles. The standard InChI is InChI=1S/C31H24Cl2N3O4.Co/c1-2-27(37)35-12-10-18(11-13-35)31-24(30(34-40-31)23-9-8-21(32)15-25(23)33)17-36-16-20-7-6-19(14-28(38)39)22-4-3-5-26(36)29(20)22;/h2-5,8,14-16,18H,1,6-7,10-13H2,(H,38,39);/q-1;/b19-14+;. The Hall–Kier alpha value is -3.43. The molecule has 0 atom stereocenters. The molecule has 1 fully saturated rings. The van der Waals surface area contributed by atoms with Crippen molar-refractivity contribution in [2.24, 2.45) is 0 Å². The molecule has 0 spiro atoms. The third-order valence-corrected chi connectivity index (χ3v) is 8.80. The van der Waals surface area contributed by atoms with Gasteiger partial charge in [-0.3, -0.25) is 0 Å². The number of aliphatic carboxylic acids is 1. The van der Waals surface area contributed by atoms with Gasteiger partial charge in [0.1, 0.15) is 0 Å². The van der Waals surface area contributed by atoms with Gasteiger partial charge in [-0.05, 0) is 0 Å². The molecule has 2 aromatic carbocycles. The number of halogens is 2. The normalized spacial score (nSPS) is 16.4. The van der Waals surface area contributed by atoms with Crippen LogP contribution in [-0.2, 0) is 31.3 Å². The summed E-state index contributed by atoms with van der Waals surface area (Å²) in [5.74, 6) is -0.398. The van der Waals surface area contributed by atoms with Gasteiger partial charge in [-0.25, -0.2) is 0 Å². The number of nitrogens with zero attached hydrogens (tertiary/aromatic N) is 3. The van der Waals surface area contributed by atoms with Gasteiger partial charge >= 0.3 is 255 Å². The van der Waals surface area contributed by atoms with Crippen molar-refractivity contribution in [3.05, 3.63) is 93.8 Å². The van der Waals surface area contributed by atoms with Crippen molar-refractivity contribution in [2.45, 2.75) is 31.6 Å². The molecular formula is C31H24Cl2CoN3O4-. The summed E-state index contributed by atoms with van der Waals surface area (Å²) in [7, 11) is 0. The summed E-state index contributed by atoms with van der Waals surface area (Å²) in [6.45, 7) is 4.74. The van der Waals surface area contributed by atoms with Gasteiger partial charge in [-0.1, -0.05) is 0 Å². The average molecular weight is 632 g/mol. The van der Waals surface area contributed by atoms with Crippen molar-refractivity contribution >= 4 is 56.1 Å². The topological polar surface area (TPSA) is 88.6 Å². The van der Waals surface area contributed by atoms with E-state index in [-0.39, 0.29) is 11.8 Å². The molecular weight excluding hydrogens is 608 g/mol. The first-order chi connectivity index (χ1) is 19.8. The number of carboxylic acid groups (broad SMARTS) is 1. The second kappa shape index (κ2) is 11.1. The summed E-state index contributed by atoms with van der Waals surface area (Å²) in [4.78, 5) is 25.4. The summed E-state index contributed by atoms with van der Waals surface area (Å²) in [5.41, 5.74) is 5.43. The molecule has 2 aromatic heterocycles. The molecule has 10 heteroatoms. The molecule has 0 saturated carbocycles. The van der Waals surface area contributed by atoms with Crippen LogP contribution in [0.15, 0.2) is 59.8 Å². The van der Waals surface area contributed by atoms with Crippen LogP contribution in [0.3, 0.4) is 0 Å². The minimum atomic E-state index is -0.961. The maximum atomic E-state index is 12.2. The number of hydrogen-bond acceptors (Lipinski definition) is 4. The number of carbonyl (C=O) groups excluding carboxylic acids is 1. The number of aryl methyl sites for hydroxylation is 1. The van der Waals surface area contributed by atoms with Gasteiger partial charge in [-0.2, -0.15) is 0 Å². The van der Waals surface area contributed by atoms with E-state index in [0.717, 1.165) is 27.6 Å². The molecule has 0 radical (unpaired) electrons. The summed E-state index contributed by atoms with van der Waals surface area (Å²) in [5, 5.41) is 15.7. The zero-order chi connectivity index (χ0) is 28.8. The average Bonchev–Trinajstić information content (AvgIpc) is 3.57. The van der Waals surface area contributed by atoms with E-state index in [4.69, 9.17) is 43.0 Å². The number of amides is 1. The third-order valence-electron chi connectivity index (χ3n) is 7.78. The second-order valence-electron chi connectivity index (χ2n) is 10.1. The second-order valence-corrected chi connectivity index (χ2v) is 11.5. The Morgan fingerprint density at radius 2 is 2.00 bits per heavy atom. The van der Waals surface area contributed by atoms with Crippen LogP contribution in [0.25, 0.3) is 27.7 Å². The first-order valence-electron chi connectivity index (χ1n) is 13.1. The Kier molecular flexibility index (Phi) is 7.50. The van der Waals surface area contributed by atoms with Gasteiger partial charge in [0.15, 0.2) is 0 Å². The van der Waals surface area contributed by atoms with E-state index < -0.39 is 5.97 Å². The zero-order valence-electron chi connectivity index (χ0n) is 21.7. The Labute approximate surface area is 254 Å². The number of likely N-dealkylation sites (tertiary alicyclic amines) is 1. The summed E-state index contributed by atoms with van der Waals surface area (Å²) in [6.07, 6.45) is 7.38. The fraction of sp³-hybridized carbons (Fsp3) is 0.226. The van der Waals surface area contributed by atoms with Gasteiger partial charge in [0.25, 0.3) is 0 Å². The molecule has 41 heavy (non-hydrogen) atoms. The van der Waals surface area contributed by atoms with Crippen molar-refractivity contribution in [1.82, 2.24) is 14.6 Å². The number of allylic oxidation sites excluding steroid dienone is 1. The van der Waals surface area contributed by atoms with Gasteiger partial charge in [0.2, 0.25) is 0 Å². The molecule has 4 aromatic rings. The number of hydrogen-bond donors (Lipinski definition) is 1. The molecule has 0 unspecified atom stereocenters. The van der Waals surface area contributed by atoms with Crippen LogP contribution in [0.2, 0.25) is 10.0 Å². The van der Waals surface area contributed by atoms with Gasteiger partial charge in [0, 0.05) is 0 Å². The third kappa shape index (κ3) is 4.99. The van der Waals surface area contributed by atoms with E-state index in [0.29, 0.717) is 76.0 Å². The van der Waals surface area contributed by atoms with Gasteiger partial charge < -0.3 is 0 Å². The van der Waals surface area contributed by atoms with Crippen LogP contribution in [0.5, 0.6) is 0 Å². The molecule has 3 heterocycles. The summed E-state index contributed by atoms with van der Waals surface area (Å²) < 4.78 is 8.63. The summed E-state index contributed by atoms with van der Waals surface area (Å²) in [6, 6.07) is 12.3. The molecule has 1 aliphatic heterocycles. The Morgan fingerprint density at radius 3 is 2.71 bits per heavy atom. The maximum absolute atomic E-state index is 12.2. The Morgan fingerprint density at radius 1 is 1.22 bits per heavy atom. The van der Waals surface area contributed by atoms with E-state index in [1.54, 1.807) is 17.0 Å². The van der Waals surface area contributed by atoms with Crippen LogP contribution in [-0.4, -0.2) is 49.3 Å². The number of carboxylic acids is 1. The van der Waals surface area contributed by atoms with E-state index in [1.165, 1.54) is 12.2 Å². The molecule has 7 nitrogen and oxygen atoms in total. The van der Waals surface area contributed by atoms with Crippen LogP contribution < -0.4 is 0 Å². The zero-order valence-corrected chi connectivity index (χ0v) is 24.3. The molecule has 0 bridgehead atoms. The van der Waals surface area contributed by atoms with E-state index >= 15 is 0 Å². The molecule has 211 valence electrons. The fourth-order valence-corrected chi connectivity index (χ4v) is 6.79. The first kappa shape index (κ1) is 27.7. The molecule has 1 aliphatic carbocycles. The molecule has 6 rings (SSSR count). The van der Waals surface area contributed by atoms with Crippen LogP contribution >= 0.6 is 23.2 Å². The van der Waals surface area contributed by atoms with Crippen molar-refractivity contribution in [2.75, 3.05) is 13.1 Å². The van der Waals surface area contributed by atoms with E-state index in [1.807, 2.05) is 29.0 Å². The van der Waals surface area contributed by atoms with Crippen molar-refractivity contribution in [3.63, 3.8) is 0 Å². The Balaban J connectivity index is 1.48. The quantitative estimate of drug-likeness (QED) is 0.200. The predicted molar refractivity (Wildman–Crippen MR) is 155 cm³/mol. The molecule has 2 aliphatic rings. The number of carbonyl (C=O) groups is 2.